The highest BCUT2D eigenvalue weighted by Crippen LogP contribution is 2.46. The number of hydrogen-bond donors (Lipinski definition) is 0. The minimum absolute atomic E-state index is 0.0441. The topological polar surface area (TPSA) is 69.7 Å². The smallest absolute Gasteiger partial charge is 0.309 e. The van der Waals surface area contributed by atoms with Crippen molar-refractivity contribution >= 4 is 17.7 Å². The quantitative estimate of drug-likeness (QED) is 0.532. The normalized spacial score (nSPS) is 30.1. The standard InChI is InChI=1S/C12H14O5/c1-6(13)17-10-5-9(14)12-7(3-8(10)12)4-11(15)16-2/h3,8,10,12H,4-5H2,1-2H3. The van der Waals surface area contributed by atoms with Crippen LogP contribution < -0.4 is 0 Å². The predicted octanol–water partition coefficient (Wildman–Crippen LogP) is 0.626. The summed E-state index contributed by atoms with van der Waals surface area (Å²) >= 11 is 0. The second-order valence-corrected chi connectivity index (χ2v) is 4.37. The third-order valence-electron chi connectivity index (χ3n) is 3.26. The van der Waals surface area contributed by atoms with Crippen LogP contribution in [0.25, 0.3) is 0 Å². The average molecular weight is 238 g/mol. The van der Waals surface area contributed by atoms with Crippen LogP contribution in [0.4, 0.5) is 0 Å². The lowest BCUT2D eigenvalue weighted by Crippen LogP contribution is -2.32. The molecule has 2 aliphatic carbocycles. The average Bonchev–Trinajstić information content (AvgIpc) is 2.43. The highest BCUT2D eigenvalue weighted by atomic mass is 16.5. The van der Waals surface area contributed by atoms with Crippen molar-refractivity contribution in [1.82, 2.24) is 0 Å². The van der Waals surface area contributed by atoms with Crippen LogP contribution in [-0.2, 0) is 23.9 Å². The molecule has 2 rings (SSSR count). The molecule has 0 saturated heterocycles. The van der Waals surface area contributed by atoms with Crippen molar-refractivity contribution in [1.29, 1.82) is 0 Å². The van der Waals surface area contributed by atoms with Gasteiger partial charge >= 0.3 is 11.9 Å². The first-order chi connectivity index (χ1) is 8.02. The van der Waals surface area contributed by atoms with Crippen LogP contribution in [0.15, 0.2) is 11.6 Å². The van der Waals surface area contributed by atoms with Crippen LogP contribution in [0.1, 0.15) is 19.8 Å². The lowest BCUT2D eigenvalue weighted by atomic mass is 9.74. The molecule has 0 N–H and O–H groups in total. The molecule has 1 fully saturated rings. The highest BCUT2D eigenvalue weighted by molar-refractivity contribution is 5.91. The van der Waals surface area contributed by atoms with Crippen LogP contribution in [0.2, 0.25) is 0 Å². The lowest BCUT2D eigenvalue weighted by Gasteiger charge is -2.31. The van der Waals surface area contributed by atoms with Crippen molar-refractivity contribution in [2.45, 2.75) is 25.9 Å². The molecule has 5 heteroatoms. The maximum absolute atomic E-state index is 11.7. The van der Waals surface area contributed by atoms with E-state index in [4.69, 9.17) is 4.74 Å². The van der Waals surface area contributed by atoms with Crippen LogP contribution in [0.3, 0.4) is 0 Å². The van der Waals surface area contributed by atoms with E-state index in [-0.39, 0.29) is 48.5 Å². The molecule has 0 bridgehead atoms. The zero-order chi connectivity index (χ0) is 12.6. The highest BCUT2D eigenvalue weighted by Gasteiger charge is 2.50. The number of hydrogen-bond acceptors (Lipinski definition) is 5. The number of fused-ring (bicyclic) bond motifs is 1. The van der Waals surface area contributed by atoms with Gasteiger partial charge in [-0.25, -0.2) is 0 Å². The summed E-state index contributed by atoms with van der Waals surface area (Å²) in [5.74, 6) is -0.983. The molecule has 92 valence electrons. The van der Waals surface area contributed by atoms with Crippen molar-refractivity contribution in [2.24, 2.45) is 11.8 Å². The fraction of sp³-hybridized carbons (Fsp3) is 0.583. The molecular weight excluding hydrogens is 224 g/mol. The summed E-state index contributed by atoms with van der Waals surface area (Å²) in [4.78, 5) is 33.7. The van der Waals surface area contributed by atoms with Crippen LogP contribution in [-0.4, -0.2) is 30.9 Å². The monoisotopic (exact) mass is 238 g/mol. The molecule has 3 unspecified atom stereocenters. The van der Waals surface area contributed by atoms with Gasteiger partial charge in [0.25, 0.3) is 0 Å². The summed E-state index contributed by atoms with van der Waals surface area (Å²) in [6.45, 7) is 1.33. The van der Waals surface area contributed by atoms with Crippen LogP contribution >= 0.6 is 0 Å². The molecule has 0 aromatic carbocycles. The van der Waals surface area contributed by atoms with Gasteiger partial charge in [-0.2, -0.15) is 0 Å². The first kappa shape index (κ1) is 11.8. The SMILES string of the molecule is COC(=O)CC1=CC2C(OC(C)=O)CC(=O)C12. The molecule has 0 heterocycles. The van der Waals surface area contributed by atoms with E-state index in [1.807, 2.05) is 6.08 Å². The molecule has 0 aromatic heterocycles. The van der Waals surface area contributed by atoms with E-state index in [9.17, 15) is 14.4 Å². The number of esters is 2. The molecule has 3 atom stereocenters. The molecule has 0 aromatic rings. The van der Waals surface area contributed by atoms with Crippen molar-refractivity contribution in [3.05, 3.63) is 11.6 Å². The van der Waals surface area contributed by atoms with Gasteiger partial charge in [0, 0.05) is 25.2 Å². The summed E-state index contributed by atoms with van der Waals surface area (Å²) in [6.07, 6.45) is 1.89. The van der Waals surface area contributed by atoms with E-state index < -0.39 is 0 Å². The Morgan fingerprint density at radius 1 is 1.47 bits per heavy atom. The zero-order valence-corrected chi connectivity index (χ0v) is 9.76. The Morgan fingerprint density at radius 3 is 2.76 bits per heavy atom. The fourth-order valence-electron chi connectivity index (χ4n) is 2.52. The first-order valence-corrected chi connectivity index (χ1v) is 5.50. The number of carbonyl (C=O) groups is 3. The second-order valence-electron chi connectivity index (χ2n) is 4.37. The van der Waals surface area contributed by atoms with E-state index >= 15 is 0 Å². The lowest BCUT2D eigenvalue weighted by molar-refractivity contribution is -0.148. The Bertz CT molecular complexity index is 409. The Morgan fingerprint density at radius 2 is 2.18 bits per heavy atom. The number of carbonyl (C=O) groups excluding carboxylic acids is 3. The van der Waals surface area contributed by atoms with Gasteiger partial charge in [-0.3, -0.25) is 14.4 Å². The van der Waals surface area contributed by atoms with Crippen LogP contribution in [0, 0.1) is 11.8 Å². The maximum Gasteiger partial charge on any atom is 0.309 e. The fourth-order valence-corrected chi connectivity index (χ4v) is 2.52. The van der Waals surface area contributed by atoms with Gasteiger partial charge in [0.1, 0.15) is 11.9 Å². The third-order valence-corrected chi connectivity index (χ3v) is 3.26. The minimum Gasteiger partial charge on any atom is -0.469 e. The largest absolute Gasteiger partial charge is 0.469 e. The Kier molecular flexibility index (Phi) is 3.00. The summed E-state index contributed by atoms with van der Waals surface area (Å²) in [7, 11) is 1.32. The number of ether oxygens (including phenoxy) is 2. The van der Waals surface area contributed by atoms with E-state index in [0.717, 1.165) is 5.57 Å². The van der Waals surface area contributed by atoms with E-state index in [0.29, 0.717) is 0 Å². The van der Waals surface area contributed by atoms with E-state index in [2.05, 4.69) is 4.74 Å². The van der Waals surface area contributed by atoms with Gasteiger partial charge < -0.3 is 9.47 Å². The van der Waals surface area contributed by atoms with Gasteiger partial charge in [0.2, 0.25) is 0 Å². The molecule has 0 spiro atoms. The minimum atomic E-state index is -0.377. The summed E-state index contributed by atoms with van der Waals surface area (Å²) < 4.78 is 9.63. The van der Waals surface area contributed by atoms with Gasteiger partial charge in [-0.05, 0) is 0 Å². The Labute approximate surface area is 98.8 Å². The molecule has 2 aliphatic rings. The molecule has 0 radical (unpaired) electrons. The van der Waals surface area contributed by atoms with Gasteiger partial charge in [-0.1, -0.05) is 11.6 Å². The van der Waals surface area contributed by atoms with Crippen molar-refractivity contribution in [2.75, 3.05) is 7.11 Å². The first-order valence-electron chi connectivity index (χ1n) is 5.50. The predicted molar refractivity (Wildman–Crippen MR) is 56.9 cm³/mol. The molecular formula is C12H14O5. The van der Waals surface area contributed by atoms with Crippen LogP contribution in [0.5, 0.6) is 0 Å². The van der Waals surface area contributed by atoms with Gasteiger partial charge in [-0.15, -0.1) is 0 Å². The summed E-state index contributed by atoms with van der Waals surface area (Å²) in [5, 5.41) is 0. The van der Waals surface area contributed by atoms with Crippen molar-refractivity contribution < 1.29 is 23.9 Å². The zero-order valence-electron chi connectivity index (χ0n) is 9.76. The summed E-state index contributed by atoms with van der Waals surface area (Å²) in [5.41, 5.74) is 0.793. The molecule has 1 saturated carbocycles. The Hall–Kier alpha value is -1.65. The second kappa shape index (κ2) is 4.31. The third kappa shape index (κ3) is 2.09. The Balaban J connectivity index is 2.03. The number of Topliss-reactive ketones (excluding diaryl/α,β-unsaturated/α-hetero) is 1. The molecule has 17 heavy (non-hydrogen) atoms. The molecule has 5 nitrogen and oxygen atoms in total. The van der Waals surface area contributed by atoms with E-state index in [1.54, 1.807) is 0 Å². The molecule has 0 aliphatic heterocycles. The van der Waals surface area contributed by atoms with Gasteiger partial charge in [0.05, 0.1) is 13.5 Å². The van der Waals surface area contributed by atoms with E-state index in [1.165, 1.54) is 14.0 Å². The van der Waals surface area contributed by atoms with Gasteiger partial charge in [0.15, 0.2) is 0 Å². The number of rotatable bonds is 3. The molecule has 0 amide bonds. The number of methoxy groups -OCH3 is 1. The maximum atomic E-state index is 11.7. The number of ketones is 1. The summed E-state index contributed by atoms with van der Waals surface area (Å²) in [6, 6.07) is 0. The van der Waals surface area contributed by atoms with Crippen molar-refractivity contribution in [3.63, 3.8) is 0 Å². The van der Waals surface area contributed by atoms with Crippen molar-refractivity contribution in [3.8, 4) is 0 Å².